The van der Waals surface area contributed by atoms with Gasteiger partial charge in [-0.05, 0) is 122 Å². The van der Waals surface area contributed by atoms with Gasteiger partial charge in [0.05, 0.1) is 82.4 Å². The number of amides is 11. The summed E-state index contributed by atoms with van der Waals surface area (Å²) in [6.07, 6.45) is -3.76. The SMILES string of the molecule is CCC(C)NCC(=O)N(CC(=O)N(CC(=O)N(CC(=O)N(CC(=O)N(CC(=O)N(CC(=O)N(CC(=O)N(CC(=O)N(CC(=O)N(CC(=O)N(CC=O)CC(C)O)C(C)CC)CC(C)O)C(C)CC)CC(C)O)C(C)CC)CC(C)O)C(C)CC)CC(C)O)C(C)CC)CC(C)O. The standard InChI is InChI=1S/C66H122N12O18/c1-19-44(7)67-27-56(86)69(29-51(14)81)34-62(92)75(46(9)21-3)40-58(88)71(31-53(16)83)36-64(94)77(48(11)23-5)42-60(90)73(33-55(18)85)38-66(96)78(49(12)24-6)43-61(91)72(32-54(17)84)37-65(95)76(47(10)22-4)41-59(89)70(30-52(15)82)35-63(93)74(45(8)20-2)39-57(87)68(25-26-79)28-50(13)80/h26,44-55,67,80-85H,19-25,27-43H2,1-18H3. The minimum absolute atomic E-state index is 0.000415. The lowest BCUT2D eigenvalue weighted by Crippen LogP contribution is -2.56. The Kier molecular flexibility index (Phi) is 42.9. The number of hydrogen-bond acceptors (Lipinski definition) is 19. The van der Waals surface area contributed by atoms with Crippen LogP contribution in [-0.4, -0.2) is 346 Å². The van der Waals surface area contributed by atoms with Gasteiger partial charge in [-0.1, -0.05) is 41.5 Å². The summed E-state index contributed by atoms with van der Waals surface area (Å²) in [5, 5.41) is 65.9. The van der Waals surface area contributed by atoms with E-state index in [4.69, 9.17) is 0 Å². The zero-order chi connectivity index (χ0) is 74.0. The highest BCUT2D eigenvalue weighted by atomic mass is 16.3. The van der Waals surface area contributed by atoms with E-state index < -0.39 is 210 Å². The molecule has 0 radical (unpaired) electrons. The van der Waals surface area contributed by atoms with E-state index in [1.54, 1.807) is 69.2 Å². The van der Waals surface area contributed by atoms with Gasteiger partial charge in [0.25, 0.3) is 0 Å². The summed E-state index contributed by atoms with van der Waals surface area (Å²) in [6, 6.07) is -3.05. The second-order valence-corrected chi connectivity index (χ2v) is 26.0. The maximum Gasteiger partial charge on any atom is 0.242 e. The highest BCUT2D eigenvalue weighted by Gasteiger charge is 2.37. The van der Waals surface area contributed by atoms with E-state index in [0.717, 1.165) is 30.9 Å². The Hall–Kier alpha value is -6.44. The lowest BCUT2D eigenvalue weighted by atomic mass is 10.1. The van der Waals surface area contributed by atoms with Gasteiger partial charge in [-0.15, -0.1) is 0 Å². The fraction of sp³-hybridized carbons (Fsp3) is 0.818. The highest BCUT2D eigenvalue weighted by molar-refractivity contribution is 5.95. The van der Waals surface area contributed by atoms with Crippen LogP contribution in [0, 0.1) is 0 Å². The van der Waals surface area contributed by atoms with Crippen LogP contribution in [0.15, 0.2) is 0 Å². The van der Waals surface area contributed by atoms with Crippen LogP contribution in [0.1, 0.15) is 163 Å². The largest absolute Gasteiger partial charge is 0.392 e. The third-order valence-electron chi connectivity index (χ3n) is 16.9. The molecule has 0 bridgehead atoms. The summed E-state index contributed by atoms with van der Waals surface area (Å²) < 4.78 is 0. The van der Waals surface area contributed by atoms with Gasteiger partial charge in [0, 0.05) is 75.5 Å². The summed E-state index contributed by atoms with van der Waals surface area (Å²) >= 11 is 0. The lowest BCUT2D eigenvalue weighted by molar-refractivity contribution is -0.152. The quantitative estimate of drug-likeness (QED) is 0.0358. The van der Waals surface area contributed by atoms with Gasteiger partial charge >= 0.3 is 0 Å². The number of hydrogen-bond donors (Lipinski definition) is 7. The van der Waals surface area contributed by atoms with Crippen molar-refractivity contribution in [3.8, 4) is 0 Å². The van der Waals surface area contributed by atoms with Crippen LogP contribution >= 0.6 is 0 Å². The van der Waals surface area contributed by atoms with Gasteiger partial charge in [0.15, 0.2) is 0 Å². The Morgan fingerprint density at radius 2 is 0.469 bits per heavy atom. The van der Waals surface area contributed by atoms with Crippen LogP contribution in [0.3, 0.4) is 0 Å². The van der Waals surface area contributed by atoms with Crippen molar-refractivity contribution in [2.45, 2.75) is 236 Å². The molecule has 7 N–H and O–H groups in total. The minimum atomic E-state index is -1.21. The minimum Gasteiger partial charge on any atom is -0.392 e. The molecule has 0 aliphatic carbocycles. The van der Waals surface area contributed by atoms with Crippen molar-refractivity contribution >= 4 is 71.3 Å². The molecule has 96 heavy (non-hydrogen) atoms. The molecule has 30 heteroatoms. The summed E-state index contributed by atoms with van der Waals surface area (Å²) in [5.41, 5.74) is 0. The Morgan fingerprint density at radius 3 is 0.646 bits per heavy atom. The van der Waals surface area contributed by atoms with Crippen molar-refractivity contribution in [2.75, 3.05) is 118 Å². The van der Waals surface area contributed by atoms with Crippen molar-refractivity contribution in [3.05, 3.63) is 0 Å². The number of nitrogens with one attached hydrogen (secondary N) is 1. The molecule has 0 spiro atoms. The number of aliphatic hydroxyl groups excluding tert-OH is 6. The van der Waals surface area contributed by atoms with Crippen LogP contribution in [0.2, 0.25) is 0 Å². The molecule has 12 unspecified atom stereocenters. The molecular formula is C66H122N12O18. The first-order chi connectivity index (χ1) is 44.8. The normalized spacial score (nSPS) is 15.1. The summed E-state index contributed by atoms with van der Waals surface area (Å²) in [6.45, 7) is 21.1. The summed E-state index contributed by atoms with van der Waals surface area (Å²) in [4.78, 5) is 180. The Labute approximate surface area is 570 Å². The molecule has 0 aromatic heterocycles. The average molecular weight is 1370 g/mol. The third-order valence-corrected chi connectivity index (χ3v) is 16.9. The number of nitrogens with zero attached hydrogens (tertiary/aromatic N) is 11. The van der Waals surface area contributed by atoms with Crippen LogP contribution in [0.5, 0.6) is 0 Å². The monoisotopic (exact) mass is 1370 g/mol. The van der Waals surface area contributed by atoms with Crippen LogP contribution in [-0.2, 0) is 57.5 Å². The first-order valence-electron chi connectivity index (χ1n) is 34.2. The molecule has 12 atom stereocenters. The molecule has 0 saturated carbocycles. The molecule has 0 aromatic carbocycles. The summed E-state index contributed by atoms with van der Waals surface area (Å²) in [7, 11) is 0. The Balaban J connectivity index is 7.05. The maximum atomic E-state index is 14.6. The zero-order valence-electron chi connectivity index (χ0n) is 61.0. The van der Waals surface area contributed by atoms with E-state index in [0.29, 0.717) is 38.4 Å². The fourth-order valence-electron chi connectivity index (χ4n) is 10.1. The Morgan fingerprint density at radius 1 is 0.281 bits per heavy atom. The van der Waals surface area contributed by atoms with Gasteiger partial charge in [-0.3, -0.25) is 52.7 Å². The molecule has 0 aliphatic heterocycles. The van der Waals surface area contributed by atoms with Gasteiger partial charge in [-0.2, -0.15) is 0 Å². The van der Waals surface area contributed by atoms with Crippen molar-refractivity contribution in [1.29, 1.82) is 0 Å². The van der Waals surface area contributed by atoms with Crippen LogP contribution < -0.4 is 5.32 Å². The highest BCUT2D eigenvalue weighted by Crippen LogP contribution is 2.16. The first-order valence-corrected chi connectivity index (χ1v) is 34.2. The molecular weight excluding hydrogens is 1250 g/mol. The lowest BCUT2D eigenvalue weighted by Gasteiger charge is -2.36. The number of aliphatic hydroxyl groups is 6. The molecule has 0 heterocycles. The third kappa shape index (κ3) is 32.7. The van der Waals surface area contributed by atoms with E-state index in [-0.39, 0.29) is 45.3 Å². The predicted octanol–water partition coefficient (Wildman–Crippen LogP) is -1.03. The molecule has 0 saturated heterocycles. The zero-order valence-corrected chi connectivity index (χ0v) is 61.0. The average Bonchev–Trinajstić information content (AvgIpc) is 0.890. The number of rotatable bonds is 48. The van der Waals surface area contributed by atoms with Gasteiger partial charge in [0.1, 0.15) is 39.0 Å². The van der Waals surface area contributed by atoms with E-state index in [1.165, 1.54) is 70.9 Å². The number of carbonyl (C=O) groups is 12. The van der Waals surface area contributed by atoms with Crippen molar-refractivity contribution < 1.29 is 88.2 Å². The fourth-order valence-corrected chi connectivity index (χ4v) is 10.1. The van der Waals surface area contributed by atoms with Crippen LogP contribution in [0.4, 0.5) is 0 Å². The molecule has 0 aliphatic rings. The van der Waals surface area contributed by atoms with E-state index in [1.807, 2.05) is 13.8 Å². The van der Waals surface area contributed by atoms with E-state index in [2.05, 4.69) is 5.32 Å². The second-order valence-electron chi connectivity index (χ2n) is 26.0. The molecule has 0 aromatic rings. The number of carbonyl (C=O) groups excluding carboxylic acids is 12. The van der Waals surface area contributed by atoms with Crippen molar-refractivity contribution in [2.24, 2.45) is 0 Å². The molecule has 0 fully saturated rings. The van der Waals surface area contributed by atoms with E-state index >= 15 is 0 Å². The molecule has 11 amide bonds. The molecule has 30 nitrogen and oxygen atoms in total. The van der Waals surface area contributed by atoms with Gasteiger partial charge < -0.3 is 94.6 Å². The van der Waals surface area contributed by atoms with Crippen LogP contribution in [0.25, 0.3) is 0 Å². The smallest absolute Gasteiger partial charge is 0.242 e. The van der Waals surface area contributed by atoms with Crippen molar-refractivity contribution in [1.82, 2.24) is 59.2 Å². The summed E-state index contributed by atoms with van der Waals surface area (Å²) in [5.74, 6) is -7.68. The molecule has 0 rings (SSSR count). The maximum absolute atomic E-state index is 14.6. The predicted molar refractivity (Wildman–Crippen MR) is 361 cm³/mol. The molecule has 554 valence electrons. The first kappa shape index (κ1) is 89.6. The topological polar surface area (TPSA) is 374 Å². The van der Waals surface area contributed by atoms with Gasteiger partial charge in [-0.25, -0.2) is 0 Å². The van der Waals surface area contributed by atoms with Crippen molar-refractivity contribution in [3.63, 3.8) is 0 Å². The van der Waals surface area contributed by atoms with E-state index in [9.17, 15) is 88.2 Å². The number of aldehydes is 1. The van der Waals surface area contributed by atoms with Gasteiger partial charge in [0.2, 0.25) is 65.0 Å². The Bertz CT molecular complexity index is 2450. The second kappa shape index (κ2) is 45.9.